The first kappa shape index (κ1) is 23.2. The van der Waals surface area contributed by atoms with E-state index in [-0.39, 0.29) is 25.2 Å². The van der Waals surface area contributed by atoms with Gasteiger partial charge in [0.05, 0.1) is 37.1 Å². The van der Waals surface area contributed by atoms with E-state index in [4.69, 9.17) is 14.5 Å². The number of rotatable bonds is 7. The maximum absolute atomic E-state index is 13.1. The number of likely N-dealkylation sites (N-methyl/N-ethyl adjacent to an activating group) is 1. The summed E-state index contributed by atoms with van der Waals surface area (Å²) < 4.78 is 11.7. The SMILES string of the molecule is COc1cc(C)ccc1CN1CCOC(c2cc(C(=O)N(C)CCO)c3ccccc3n2)C1. The number of fused-ring (bicyclic) bond motifs is 1. The maximum atomic E-state index is 13.1. The zero-order valence-corrected chi connectivity index (χ0v) is 19.5. The molecule has 1 aliphatic heterocycles. The third-order valence-corrected chi connectivity index (χ3v) is 6.07. The van der Waals surface area contributed by atoms with Gasteiger partial charge >= 0.3 is 0 Å². The fraction of sp³-hybridized carbons (Fsp3) is 0.385. The molecule has 1 N–H and O–H groups in total. The quantitative estimate of drug-likeness (QED) is 0.597. The molecule has 4 rings (SSSR count). The summed E-state index contributed by atoms with van der Waals surface area (Å²) in [6, 6.07) is 15.8. The highest BCUT2D eigenvalue weighted by Gasteiger charge is 2.26. The van der Waals surface area contributed by atoms with Crippen LogP contribution in [0.25, 0.3) is 10.9 Å². The number of amides is 1. The zero-order valence-electron chi connectivity index (χ0n) is 19.5. The number of aromatic nitrogens is 1. The van der Waals surface area contributed by atoms with Gasteiger partial charge in [0.15, 0.2) is 0 Å². The van der Waals surface area contributed by atoms with E-state index in [1.54, 1.807) is 14.2 Å². The number of carbonyl (C=O) groups is 1. The Balaban J connectivity index is 1.61. The van der Waals surface area contributed by atoms with E-state index in [0.29, 0.717) is 18.7 Å². The van der Waals surface area contributed by atoms with E-state index in [2.05, 4.69) is 30.0 Å². The Morgan fingerprint density at radius 3 is 2.88 bits per heavy atom. The molecule has 174 valence electrons. The number of pyridine rings is 1. The molecule has 0 radical (unpaired) electrons. The fourth-order valence-electron chi connectivity index (χ4n) is 4.24. The first-order valence-electron chi connectivity index (χ1n) is 11.2. The molecule has 1 saturated heterocycles. The highest BCUT2D eigenvalue weighted by Crippen LogP contribution is 2.29. The van der Waals surface area contributed by atoms with Gasteiger partial charge < -0.3 is 19.5 Å². The number of para-hydroxylation sites is 1. The summed E-state index contributed by atoms with van der Waals surface area (Å²) in [5, 5.41) is 10.1. The molecule has 1 aromatic heterocycles. The zero-order chi connectivity index (χ0) is 23.4. The molecule has 3 aromatic rings. The Labute approximate surface area is 194 Å². The number of nitrogens with zero attached hydrogens (tertiary/aromatic N) is 3. The third kappa shape index (κ3) is 5.16. The molecular weight excluding hydrogens is 418 g/mol. The number of ether oxygens (including phenoxy) is 2. The monoisotopic (exact) mass is 449 g/mol. The van der Waals surface area contributed by atoms with Crippen molar-refractivity contribution in [1.29, 1.82) is 0 Å². The number of methoxy groups -OCH3 is 1. The van der Waals surface area contributed by atoms with E-state index in [1.807, 2.05) is 30.3 Å². The highest BCUT2D eigenvalue weighted by atomic mass is 16.5. The molecule has 0 bridgehead atoms. The summed E-state index contributed by atoms with van der Waals surface area (Å²) in [6.07, 6.45) is -0.241. The normalized spacial score (nSPS) is 16.7. The van der Waals surface area contributed by atoms with Crippen molar-refractivity contribution in [2.75, 3.05) is 47.0 Å². The van der Waals surface area contributed by atoms with Crippen LogP contribution in [0.15, 0.2) is 48.5 Å². The molecular formula is C26H31N3O4. The summed E-state index contributed by atoms with van der Waals surface area (Å²) in [5.41, 5.74) is 4.38. The lowest BCUT2D eigenvalue weighted by Gasteiger charge is -2.33. The average Bonchev–Trinajstić information content (AvgIpc) is 2.84. The molecule has 1 fully saturated rings. The molecule has 7 heteroatoms. The number of benzene rings is 2. The van der Waals surface area contributed by atoms with E-state index >= 15 is 0 Å². The Kier molecular flexibility index (Phi) is 7.23. The minimum atomic E-state index is -0.241. The van der Waals surface area contributed by atoms with Crippen molar-refractivity contribution in [2.45, 2.75) is 19.6 Å². The number of hydrogen-bond donors (Lipinski definition) is 1. The topological polar surface area (TPSA) is 75.1 Å². The summed E-state index contributed by atoms with van der Waals surface area (Å²) in [6.45, 7) is 5.06. The minimum absolute atomic E-state index is 0.0821. The van der Waals surface area contributed by atoms with Crippen LogP contribution in [0.2, 0.25) is 0 Å². The van der Waals surface area contributed by atoms with Gasteiger partial charge in [0.2, 0.25) is 0 Å². The van der Waals surface area contributed by atoms with Gasteiger partial charge in [-0.05, 0) is 30.7 Å². The molecule has 0 saturated carbocycles. The molecule has 0 aliphatic carbocycles. The summed E-state index contributed by atoms with van der Waals surface area (Å²) in [7, 11) is 3.40. The van der Waals surface area contributed by atoms with Crippen LogP contribution in [0.4, 0.5) is 0 Å². The standard InChI is InChI=1S/C26H31N3O4/c1-18-8-9-19(24(14-18)32-3)16-29-11-13-33-25(17-29)23-15-21(26(31)28(2)10-12-30)20-6-4-5-7-22(20)27-23/h4-9,14-15,25,30H,10-13,16-17H2,1-3H3. The lowest BCUT2D eigenvalue weighted by Crippen LogP contribution is -2.38. The number of hydrogen-bond acceptors (Lipinski definition) is 6. The van der Waals surface area contributed by atoms with Gasteiger partial charge in [-0.2, -0.15) is 0 Å². The summed E-state index contributed by atoms with van der Waals surface area (Å²) in [5.74, 6) is 0.752. The average molecular weight is 450 g/mol. The van der Waals surface area contributed by atoms with Crippen LogP contribution in [-0.4, -0.2) is 72.8 Å². The molecule has 1 amide bonds. The third-order valence-electron chi connectivity index (χ3n) is 6.07. The van der Waals surface area contributed by atoms with Crippen LogP contribution in [0.1, 0.15) is 33.3 Å². The molecule has 1 atom stereocenters. The number of aryl methyl sites for hydroxylation is 1. The van der Waals surface area contributed by atoms with Crippen molar-refractivity contribution in [2.24, 2.45) is 0 Å². The Morgan fingerprint density at radius 2 is 2.09 bits per heavy atom. The van der Waals surface area contributed by atoms with E-state index in [9.17, 15) is 9.90 Å². The summed E-state index contributed by atoms with van der Waals surface area (Å²) >= 11 is 0. The summed E-state index contributed by atoms with van der Waals surface area (Å²) in [4.78, 5) is 21.8. The van der Waals surface area contributed by atoms with Crippen molar-refractivity contribution in [3.8, 4) is 5.75 Å². The van der Waals surface area contributed by atoms with Crippen molar-refractivity contribution in [1.82, 2.24) is 14.8 Å². The van der Waals surface area contributed by atoms with Crippen LogP contribution < -0.4 is 4.74 Å². The van der Waals surface area contributed by atoms with Gasteiger partial charge in [0.25, 0.3) is 5.91 Å². The Morgan fingerprint density at radius 1 is 1.27 bits per heavy atom. The van der Waals surface area contributed by atoms with Gasteiger partial charge in [-0.3, -0.25) is 9.69 Å². The Bertz CT molecular complexity index is 1130. The predicted molar refractivity (Wildman–Crippen MR) is 127 cm³/mol. The second-order valence-electron chi connectivity index (χ2n) is 8.47. The van der Waals surface area contributed by atoms with Gasteiger partial charge in [0.1, 0.15) is 11.9 Å². The largest absolute Gasteiger partial charge is 0.496 e. The predicted octanol–water partition coefficient (Wildman–Crippen LogP) is 3.19. The van der Waals surface area contributed by atoms with Crippen molar-refractivity contribution in [3.63, 3.8) is 0 Å². The lowest BCUT2D eigenvalue weighted by atomic mass is 10.0. The Hall–Kier alpha value is -3.00. The van der Waals surface area contributed by atoms with Crippen molar-refractivity contribution < 1.29 is 19.4 Å². The molecule has 0 spiro atoms. The van der Waals surface area contributed by atoms with Crippen LogP contribution in [0.3, 0.4) is 0 Å². The number of carbonyl (C=O) groups excluding carboxylic acids is 1. The molecule has 1 aliphatic rings. The number of morpholine rings is 1. The van der Waals surface area contributed by atoms with Gasteiger partial charge in [-0.25, -0.2) is 4.98 Å². The van der Waals surface area contributed by atoms with E-state index < -0.39 is 0 Å². The number of aliphatic hydroxyl groups is 1. The van der Waals surface area contributed by atoms with Crippen LogP contribution in [0.5, 0.6) is 5.75 Å². The second kappa shape index (κ2) is 10.3. The van der Waals surface area contributed by atoms with E-state index in [0.717, 1.165) is 41.0 Å². The maximum Gasteiger partial charge on any atom is 0.254 e. The molecule has 7 nitrogen and oxygen atoms in total. The highest BCUT2D eigenvalue weighted by molar-refractivity contribution is 6.06. The van der Waals surface area contributed by atoms with Crippen molar-refractivity contribution in [3.05, 3.63) is 70.9 Å². The van der Waals surface area contributed by atoms with Crippen LogP contribution >= 0.6 is 0 Å². The first-order chi connectivity index (χ1) is 16.0. The fourth-order valence-corrected chi connectivity index (χ4v) is 4.24. The smallest absolute Gasteiger partial charge is 0.254 e. The molecule has 1 unspecified atom stereocenters. The second-order valence-corrected chi connectivity index (χ2v) is 8.47. The first-order valence-corrected chi connectivity index (χ1v) is 11.2. The van der Waals surface area contributed by atoms with Crippen molar-refractivity contribution >= 4 is 16.8 Å². The van der Waals surface area contributed by atoms with Gasteiger partial charge in [-0.1, -0.05) is 30.3 Å². The van der Waals surface area contributed by atoms with Crippen LogP contribution in [0, 0.1) is 6.92 Å². The minimum Gasteiger partial charge on any atom is -0.496 e. The van der Waals surface area contributed by atoms with E-state index in [1.165, 1.54) is 10.5 Å². The van der Waals surface area contributed by atoms with Gasteiger partial charge in [0, 0.05) is 44.2 Å². The molecule has 2 heterocycles. The molecule has 33 heavy (non-hydrogen) atoms. The number of aliphatic hydroxyl groups excluding tert-OH is 1. The van der Waals surface area contributed by atoms with Gasteiger partial charge in [-0.15, -0.1) is 0 Å². The molecule has 2 aromatic carbocycles. The lowest BCUT2D eigenvalue weighted by molar-refractivity contribution is -0.0350. The van der Waals surface area contributed by atoms with Crippen LogP contribution in [-0.2, 0) is 11.3 Å².